The summed E-state index contributed by atoms with van der Waals surface area (Å²) in [7, 11) is -3.59. The average Bonchev–Trinajstić information content (AvgIpc) is 3.82. The Kier molecular flexibility index (Phi) is 11.1. The number of fused-ring (bicyclic) bond motifs is 1. The van der Waals surface area contributed by atoms with Gasteiger partial charge in [0.25, 0.3) is 0 Å². The molecule has 0 radical (unpaired) electrons. The summed E-state index contributed by atoms with van der Waals surface area (Å²) in [6.07, 6.45) is -3.98. The van der Waals surface area contributed by atoms with Crippen LogP contribution in [0.25, 0.3) is 11.3 Å². The van der Waals surface area contributed by atoms with E-state index >= 15 is 0 Å². The first-order valence-electron chi connectivity index (χ1n) is 17.3. The molecule has 0 spiro atoms. The van der Waals surface area contributed by atoms with Crippen LogP contribution in [0, 0.1) is 0 Å². The van der Waals surface area contributed by atoms with Crippen molar-refractivity contribution >= 4 is 33.6 Å². The minimum atomic E-state index is -4.80. The minimum absolute atomic E-state index is 0.0119. The summed E-state index contributed by atoms with van der Waals surface area (Å²) in [4.78, 5) is 29.7. The Bertz CT molecular complexity index is 1720. The highest BCUT2D eigenvalue weighted by atomic mass is 32.2. The van der Waals surface area contributed by atoms with Gasteiger partial charge in [0.05, 0.1) is 23.3 Å². The topological polar surface area (TPSA) is 99.1 Å². The molecule has 1 aromatic carbocycles. The molecule has 10 nitrogen and oxygen atoms in total. The van der Waals surface area contributed by atoms with Crippen LogP contribution >= 0.6 is 11.8 Å². The Hall–Kier alpha value is -2.83. The van der Waals surface area contributed by atoms with Crippen molar-refractivity contribution in [1.29, 1.82) is 0 Å². The number of thioether (sulfide) groups is 1. The van der Waals surface area contributed by atoms with Gasteiger partial charge >= 0.3 is 12.4 Å². The normalized spacial score (nSPS) is 21.5. The van der Waals surface area contributed by atoms with E-state index < -0.39 is 45.6 Å². The molecule has 6 rings (SSSR count). The Balaban J connectivity index is 1.21. The highest BCUT2D eigenvalue weighted by molar-refractivity contribution is 8.00. The number of carbonyl (C=O) groups excluding carboxylic acids is 2. The van der Waals surface area contributed by atoms with Crippen molar-refractivity contribution in [2.24, 2.45) is 0 Å². The maximum atomic E-state index is 14.1. The summed E-state index contributed by atoms with van der Waals surface area (Å²) < 4.78 is 111. The maximum absolute atomic E-state index is 14.1. The maximum Gasteiger partial charge on any atom is 0.417 e. The molecular formula is C33H42F6N6O4S2. The molecule has 2 aromatic rings. The Morgan fingerprint density at radius 2 is 1.71 bits per heavy atom. The number of rotatable bonds is 10. The van der Waals surface area contributed by atoms with E-state index in [1.54, 1.807) is 4.68 Å². The molecule has 1 atom stereocenters. The van der Waals surface area contributed by atoms with E-state index in [2.05, 4.69) is 4.90 Å². The van der Waals surface area contributed by atoms with Crippen LogP contribution in [0.1, 0.15) is 61.8 Å². The molecule has 2 amide bonds. The lowest BCUT2D eigenvalue weighted by Crippen LogP contribution is -2.45. The quantitative estimate of drug-likeness (QED) is 0.248. The predicted octanol–water partition coefficient (Wildman–Crippen LogP) is 5.01. The molecule has 5 heterocycles. The van der Waals surface area contributed by atoms with E-state index in [0.717, 1.165) is 69.9 Å². The third-order valence-electron chi connectivity index (χ3n) is 10.4. The van der Waals surface area contributed by atoms with Gasteiger partial charge in [0.15, 0.2) is 0 Å². The van der Waals surface area contributed by atoms with Crippen LogP contribution < -0.4 is 0 Å². The Morgan fingerprint density at radius 1 is 0.961 bits per heavy atom. The standard InChI is InChI=1S/C33H42F6N6O4S2/c1-51(48,49)42-18-11-26-24(20-42)31(40-45(26)15-4-12-41-16-9-23(10-17-41)43-13-3-6-29(43)46)22-7-8-25(32(34,35)36)27(19-22)50-21-30(47)44-14-2-5-28(44)33(37,38)39/h7-8,19,23,28H,2-6,9-18,20-21H2,1H3. The van der Waals surface area contributed by atoms with Crippen molar-refractivity contribution in [3.05, 3.63) is 35.0 Å². The highest BCUT2D eigenvalue weighted by Gasteiger charge is 2.47. The second-order valence-electron chi connectivity index (χ2n) is 13.7. The molecule has 4 aliphatic heterocycles. The zero-order chi connectivity index (χ0) is 36.7. The van der Waals surface area contributed by atoms with Crippen molar-refractivity contribution in [2.45, 2.75) is 93.8 Å². The van der Waals surface area contributed by atoms with E-state index in [1.807, 2.05) is 4.90 Å². The molecule has 3 fully saturated rings. The van der Waals surface area contributed by atoms with Gasteiger partial charge in [-0.3, -0.25) is 14.3 Å². The van der Waals surface area contributed by atoms with Crippen LogP contribution in [0.4, 0.5) is 26.3 Å². The molecule has 51 heavy (non-hydrogen) atoms. The van der Waals surface area contributed by atoms with Gasteiger partial charge in [-0.1, -0.05) is 6.07 Å². The van der Waals surface area contributed by atoms with Crippen molar-refractivity contribution in [3.8, 4) is 11.3 Å². The van der Waals surface area contributed by atoms with Crippen LogP contribution in [-0.2, 0) is 45.3 Å². The van der Waals surface area contributed by atoms with Gasteiger partial charge in [0.1, 0.15) is 6.04 Å². The number of hydrogen-bond donors (Lipinski definition) is 0. The van der Waals surface area contributed by atoms with Gasteiger partial charge in [0.2, 0.25) is 21.8 Å². The molecular weight excluding hydrogens is 723 g/mol. The average molecular weight is 765 g/mol. The number of amides is 2. The van der Waals surface area contributed by atoms with Gasteiger partial charge in [0, 0.05) is 86.4 Å². The molecule has 4 aliphatic rings. The van der Waals surface area contributed by atoms with Crippen LogP contribution in [-0.4, -0.2) is 119 Å². The first-order valence-corrected chi connectivity index (χ1v) is 20.1. The summed E-state index contributed by atoms with van der Waals surface area (Å²) in [5.74, 6) is -1.27. The minimum Gasteiger partial charge on any atom is -0.340 e. The number of alkyl halides is 6. The van der Waals surface area contributed by atoms with Crippen LogP contribution in [0.2, 0.25) is 0 Å². The van der Waals surface area contributed by atoms with Gasteiger partial charge in [-0.25, -0.2) is 8.42 Å². The Morgan fingerprint density at radius 3 is 2.35 bits per heavy atom. The summed E-state index contributed by atoms with van der Waals surface area (Å²) in [5.41, 5.74) is 0.971. The van der Waals surface area contributed by atoms with Crippen molar-refractivity contribution in [1.82, 2.24) is 28.8 Å². The van der Waals surface area contributed by atoms with E-state index in [9.17, 15) is 44.3 Å². The fourth-order valence-corrected chi connectivity index (χ4v) is 9.55. The van der Waals surface area contributed by atoms with Gasteiger partial charge in [-0.2, -0.15) is 35.7 Å². The molecule has 0 bridgehead atoms. The molecule has 282 valence electrons. The fraction of sp³-hybridized carbons (Fsp3) is 0.667. The fourth-order valence-electron chi connectivity index (χ4n) is 7.77. The van der Waals surface area contributed by atoms with Crippen LogP contribution in [0.5, 0.6) is 0 Å². The number of hydrogen-bond acceptors (Lipinski definition) is 7. The monoisotopic (exact) mass is 764 g/mol. The third kappa shape index (κ3) is 8.54. The zero-order valence-corrected chi connectivity index (χ0v) is 29.9. The zero-order valence-electron chi connectivity index (χ0n) is 28.3. The van der Waals surface area contributed by atoms with Crippen LogP contribution in [0.3, 0.4) is 0 Å². The van der Waals surface area contributed by atoms with Gasteiger partial charge in [-0.15, -0.1) is 11.8 Å². The highest BCUT2D eigenvalue weighted by Crippen LogP contribution is 2.41. The molecule has 3 saturated heterocycles. The second kappa shape index (κ2) is 14.9. The first kappa shape index (κ1) is 37.9. The molecule has 0 N–H and O–H groups in total. The van der Waals surface area contributed by atoms with Gasteiger partial charge < -0.3 is 14.7 Å². The molecule has 1 aromatic heterocycles. The number of aryl methyl sites for hydroxylation is 1. The van der Waals surface area contributed by atoms with E-state index in [4.69, 9.17) is 5.10 Å². The number of benzene rings is 1. The lowest BCUT2D eigenvalue weighted by atomic mass is 10.0. The number of carbonyl (C=O) groups is 2. The van der Waals surface area contributed by atoms with Crippen molar-refractivity contribution < 1.29 is 44.3 Å². The SMILES string of the molecule is CS(=O)(=O)N1CCc2c(c(-c3ccc(C(F)(F)F)c(SCC(=O)N4CCCC4C(F)(F)F)c3)nn2CCCN2CCC(N3CCCC3=O)CC2)C1. The third-order valence-corrected chi connectivity index (χ3v) is 12.7. The summed E-state index contributed by atoms with van der Waals surface area (Å²) >= 11 is 0.531. The molecule has 0 aliphatic carbocycles. The largest absolute Gasteiger partial charge is 0.417 e. The number of likely N-dealkylation sites (tertiary alicyclic amines) is 3. The number of halogens is 6. The number of nitrogens with zero attached hydrogens (tertiary/aromatic N) is 6. The van der Waals surface area contributed by atoms with E-state index in [-0.39, 0.29) is 54.9 Å². The van der Waals surface area contributed by atoms with Crippen molar-refractivity contribution in [3.63, 3.8) is 0 Å². The summed E-state index contributed by atoms with van der Waals surface area (Å²) in [6.45, 7) is 3.93. The Labute approximate surface area is 297 Å². The number of aromatic nitrogens is 2. The number of piperidine rings is 1. The van der Waals surface area contributed by atoms with Gasteiger partial charge in [-0.05, 0) is 57.2 Å². The molecule has 0 saturated carbocycles. The summed E-state index contributed by atoms with van der Waals surface area (Å²) in [6, 6.07) is 1.69. The first-order chi connectivity index (χ1) is 24.0. The molecule has 18 heteroatoms. The van der Waals surface area contributed by atoms with Crippen LogP contribution in [0.15, 0.2) is 23.1 Å². The van der Waals surface area contributed by atoms with Crippen molar-refractivity contribution in [2.75, 3.05) is 51.3 Å². The van der Waals surface area contributed by atoms with E-state index in [0.29, 0.717) is 47.3 Å². The molecule has 1 unspecified atom stereocenters. The number of sulfonamides is 1. The summed E-state index contributed by atoms with van der Waals surface area (Å²) in [5, 5.41) is 4.80. The predicted molar refractivity (Wildman–Crippen MR) is 178 cm³/mol. The second-order valence-corrected chi connectivity index (χ2v) is 16.7. The van der Waals surface area contributed by atoms with E-state index in [1.165, 1.54) is 16.4 Å². The lowest BCUT2D eigenvalue weighted by Gasteiger charge is -2.36. The lowest BCUT2D eigenvalue weighted by molar-refractivity contribution is -0.181. The smallest absolute Gasteiger partial charge is 0.340 e.